The summed E-state index contributed by atoms with van der Waals surface area (Å²) in [6.07, 6.45) is 1.21. The molecule has 3 aromatic rings. The second kappa shape index (κ2) is 12.2. The number of fused-ring (bicyclic) bond motifs is 1. The molecule has 0 heterocycles. The molecule has 2 atom stereocenters. The number of methoxy groups -OCH3 is 1. The van der Waals surface area contributed by atoms with E-state index >= 15 is 0 Å². The van der Waals surface area contributed by atoms with Crippen LogP contribution in [0, 0.1) is 0 Å². The van der Waals surface area contributed by atoms with Crippen LogP contribution in [-0.4, -0.2) is 35.5 Å². The van der Waals surface area contributed by atoms with Gasteiger partial charge in [-0.25, -0.2) is 10.3 Å². The number of halogens is 1. The van der Waals surface area contributed by atoms with E-state index in [0.29, 0.717) is 28.6 Å². The minimum Gasteiger partial charge on any atom is -0.508 e. The molecule has 3 rings (SSSR count). The third-order valence-electron chi connectivity index (χ3n) is 5.19. The summed E-state index contributed by atoms with van der Waals surface area (Å²) in [6, 6.07) is 18.0. The summed E-state index contributed by atoms with van der Waals surface area (Å²) in [5.41, 5.74) is 2.48. The van der Waals surface area contributed by atoms with Gasteiger partial charge in [0.1, 0.15) is 5.75 Å². The van der Waals surface area contributed by atoms with Crippen molar-refractivity contribution in [1.29, 1.82) is 0 Å². The molecule has 0 saturated heterocycles. The van der Waals surface area contributed by atoms with E-state index in [4.69, 9.17) is 14.7 Å². The number of carbonyl (C=O) groups is 2. The maximum absolute atomic E-state index is 12.9. The van der Waals surface area contributed by atoms with Gasteiger partial charge >= 0.3 is 6.09 Å². The Balaban J connectivity index is 1.84. The minimum atomic E-state index is -0.947. The Morgan fingerprint density at radius 2 is 1.88 bits per heavy atom. The van der Waals surface area contributed by atoms with Gasteiger partial charge < -0.3 is 14.6 Å². The van der Waals surface area contributed by atoms with Gasteiger partial charge in [-0.15, -0.1) is 0 Å². The predicted molar refractivity (Wildman–Crippen MR) is 132 cm³/mol. The van der Waals surface area contributed by atoms with Crippen LogP contribution in [0.25, 0.3) is 10.8 Å². The monoisotopic (exact) mass is 528 g/mol. The molecule has 2 amide bonds. The lowest BCUT2D eigenvalue weighted by Gasteiger charge is -2.27. The lowest BCUT2D eigenvalue weighted by molar-refractivity contribution is -0.124. The molecule has 0 aromatic heterocycles. The Labute approximate surface area is 205 Å². The first-order chi connectivity index (χ1) is 16.4. The molecule has 0 spiro atoms. The highest BCUT2D eigenvalue weighted by atomic mass is 79.9. The smallest absolute Gasteiger partial charge is 0.412 e. The van der Waals surface area contributed by atoms with Crippen LogP contribution < -0.4 is 10.8 Å². The van der Waals surface area contributed by atoms with Crippen LogP contribution in [0.5, 0.6) is 5.75 Å². The van der Waals surface area contributed by atoms with Crippen molar-refractivity contribution in [1.82, 2.24) is 5.48 Å². The van der Waals surface area contributed by atoms with Crippen LogP contribution in [0.3, 0.4) is 0 Å². The fourth-order valence-corrected chi connectivity index (χ4v) is 3.94. The number of phenols is 1. The van der Waals surface area contributed by atoms with Crippen molar-refractivity contribution in [3.8, 4) is 5.75 Å². The molecule has 0 aliphatic carbocycles. The van der Waals surface area contributed by atoms with Crippen molar-refractivity contribution in [3.63, 3.8) is 0 Å². The first kappa shape index (κ1) is 25.2. The Morgan fingerprint density at radius 1 is 1.12 bits per heavy atom. The van der Waals surface area contributed by atoms with Crippen molar-refractivity contribution >= 4 is 44.4 Å². The molecule has 0 unspecified atom stereocenters. The first-order valence-corrected chi connectivity index (χ1v) is 11.3. The number of benzene rings is 3. The third kappa shape index (κ3) is 6.57. The number of phenolic OH excluding ortho intramolecular Hbond substituents is 1. The Hall–Kier alpha value is -3.40. The molecule has 0 saturated carbocycles. The van der Waals surface area contributed by atoms with Crippen LogP contribution in [0.2, 0.25) is 0 Å². The standard InChI is InChI=1S/C25H25BrN2O6/c1-33-22(11-4-5-12-23(30)28-32)24(19-15-17(26)13-14-21(19)29)34-25(31)27-20-10-6-8-16-7-2-3-9-18(16)20/h2-3,5-10,12-15,22,24,29,32H,4,11H2,1H3,(H,27,31)(H,28,30)/b12-5+/t22-,24-/m0/s1. The Kier molecular flexibility index (Phi) is 9.03. The average Bonchev–Trinajstić information content (AvgIpc) is 2.84. The van der Waals surface area contributed by atoms with E-state index in [2.05, 4.69) is 21.2 Å². The fourth-order valence-electron chi connectivity index (χ4n) is 3.56. The van der Waals surface area contributed by atoms with E-state index in [1.54, 1.807) is 24.3 Å². The van der Waals surface area contributed by atoms with Crippen molar-refractivity contribution in [2.45, 2.75) is 25.0 Å². The van der Waals surface area contributed by atoms with Gasteiger partial charge in [0.05, 0.1) is 11.8 Å². The summed E-state index contributed by atoms with van der Waals surface area (Å²) in [5, 5.41) is 23.7. The summed E-state index contributed by atoms with van der Waals surface area (Å²) in [7, 11) is 1.48. The van der Waals surface area contributed by atoms with Crippen LogP contribution >= 0.6 is 15.9 Å². The second-order valence-electron chi connectivity index (χ2n) is 7.41. The fraction of sp³-hybridized carbons (Fsp3) is 0.200. The topological polar surface area (TPSA) is 117 Å². The molecule has 0 aliphatic heterocycles. The molecule has 3 aromatic carbocycles. The van der Waals surface area contributed by atoms with Gasteiger partial charge in [-0.05, 0) is 42.5 Å². The summed E-state index contributed by atoms with van der Waals surface area (Å²) in [6.45, 7) is 0. The highest BCUT2D eigenvalue weighted by Gasteiger charge is 2.29. The highest BCUT2D eigenvalue weighted by molar-refractivity contribution is 9.10. The van der Waals surface area contributed by atoms with E-state index in [9.17, 15) is 14.7 Å². The van der Waals surface area contributed by atoms with Crippen LogP contribution in [0.4, 0.5) is 10.5 Å². The molecule has 0 radical (unpaired) electrons. The van der Waals surface area contributed by atoms with E-state index < -0.39 is 24.2 Å². The lowest BCUT2D eigenvalue weighted by Crippen LogP contribution is -2.28. The molecule has 4 N–H and O–H groups in total. The zero-order chi connectivity index (χ0) is 24.5. The predicted octanol–water partition coefficient (Wildman–Crippen LogP) is 5.45. The number of nitrogens with one attached hydrogen (secondary N) is 2. The summed E-state index contributed by atoms with van der Waals surface area (Å²) in [4.78, 5) is 24.1. The maximum atomic E-state index is 12.9. The summed E-state index contributed by atoms with van der Waals surface area (Å²) >= 11 is 3.38. The van der Waals surface area contributed by atoms with Crippen molar-refractivity contribution in [2.75, 3.05) is 12.4 Å². The number of ether oxygens (including phenoxy) is 2. The van der Waals surface area contributed by atoms with Crippen LogP contribution in [0.15, 0.2) is 77.3 Å². The van der Waals surface area contributed by atoms with E-state index in [-0.39, 0.29) is 5.75 Å². The van der Waals surface area contributed by atoms with Crippen LogP contribution in [0.1, 0.15) is 24.5 Å². The van der Waals surface area contributed by atoms with Gasteiger partial charge in [0.15, 0.2) is 6.10 Å². The normalized spacial score (nSPS) is 12.9. The van der Waals surface area contributed by atoms with Crippen molar-refractivity contribution in [3.05, 3.63) is 82.9 Å². The molecule has 34 heavy (non-hydrogen) atoms. The van der Waals surface area contributed by atoms with E-state index in [1.807, 2.05) is 36.4 Å². The van der Waals surface area contributed by atoms with Gasteiger partial charge in [-0.3, -0.25) is 15.3 Å². The summed E-state index contributed by atoms with van der Waals surface area (Å²) in [5.74, 6) is -0.704. The SMILES string of the molecule is CO[C@@H](CC/C=C/C(=O)NO)[C@@H](OC(=O)Nc1cccc2ccccc12)c1cc(Br)ccc1O. The lowest BCUT2D eigenvalue weighted by atomic mass is 9.99. The second-order valence-corrected chi connectivity index (χ2v) is 8.33. The summed E-state index contributed by atoms with van der Waals surface area (Å²) < 4.78 is 12.1. The first-order valence-electron chi connectivity index (χ1n) is 10.5. The van der Waals surface area contributed by atoms with Crippen molar-refractivity contribution < 1.29 is 29.4 Å². The number of hydrogen-bond acceptors (Lipinski definition) is 6. The zero-order valence-corrected chi connectivity index (χ0v) is 20.0. The average molecular weight is 529 g/mol. The molecule has 0 bridgehead atoms. The molecular weight excluding hydrogens is 504 g/mol. The number of aromatic hydroxyl groups is 1. The quantitative estimate of drug-likeness (QED) is 0.166. The molecular formula is C25H25BrN2O6. The van der Waals surface area contributed by atoms with E-state index in [1.165, 1.54) is 24.7 Å². The molecule has 178 valence electrons. The number of hydroxylamine groups is 1. The minimum absolute atomic E-state index is 0.0524. The number of amides is 2. The van der Waals surface area contributed by atoms with Gasteiger partial charge in [0, 0.05) is 28.6 Å². The van der Waals surface area contributed by atoms with Gasteiger partial charge in [0.2, 0.25) is 0 Å². The van der Waals surface area contributed by atoms with Gasteiger partial charge in [0.25, 0.3) is 5.91 Å². The van der Waals surface area contributed by atoms with E-state index in [0.717, 1.165) is 10.8 Å². The van der Waals surface area contributed by atoms with Gasteiger partial charge in [-0.2, -0.15) is 0 Å². The molecule has 0 fully saturated rings. The number of carbonyl (C=O) groups excluding carboxylic acids is 2. The number of anilines is 1. The Morgan fingerprint density at radius 3 is 2.65 bits per heavy atom. The number of hydrogen-bond donors (Lipinski definition) is 4. The van der Waals surface area contributed by atoms with Gasteiger partial charge in [-0.1, -0.05) is 58.4 Å². The third-order valence-corrected chi connectivity index (χ3v) is 5.69. The molecule has 9 heteroatoms. The molecule has 8 nitrogen and oxygen atoms in total. The zero-order valence-electron chi connectivity index (χ0n) is 18.4. The molecule has 0 aliphatic rings. The largest absolute Gasteiger partial charge is 0.508 e. The Bertz CT molecular complexity index is 1180. The maximum Gasteiger partial charge on any atom is 0.412 e. The highest BCUT2D eigenvalue weighted by Crippen LogP contribution is 2.35. The number of allylic oxidation sites excluding steroid dienone is 1. The number of rotatable bonds is 9. The van der Waals surface area contributed by atoms with Crippen LogP contribution in [-0.2, 0) is 14.3 Å². The van der Waals surface area contributed by atoms with Crippen molar-refractivity contribution in [2.24, 2.45) is 0 Å².